The van der Waals surface area contributed by atoms with Gasteiger partial charge in [-0.25, -0.2) is 4.79 Å². The van der Waals surface area contributed by atoms with E-state index in [1.54, 1.807) is 13.8 Å². The third kappa shape index (κ3) is 2.70. The first-order valence-corrected chi connectivity index (χ1v) is 5.30. The fourth-order valence-corrected chi connectivity index (χ4v) is 2.19. The topological polar surface area (TPSA) is 49.3 Å². The second-order valence-electron chi connectivity index (χ2n) is 3.16. The van der Waals surface area contributed by atoms with Gasteiger partial charge >= 0.3 is 5.97 Å². The lowest BCUT2D eigenvalue weighted by atomic mass is 10.1. The smallest absolute Gasteiger partial charge is 0.328 e. The van der Waals surface area contributed by atoms with Gasteiger partial charge in [0.05, 0.1) is 8.79 Å². The molecule has 0 spiro atoms. The lowest BCUT2D eigenvalue weighted by Gasteiger charge is -2.20. The largest absolute Gasteiger partial charge is 0.480 e. The summed E-state index contributed by atoms with van der Waals surface area (Å²) in [5.41, 5.74) is -0.926. The van der Waals surface area contributed by atoms with Crippen molar-refractivity contribution in [1.82, 2.24) is 0 Å². The van der Waals surface area contributed by atoms with Crippen molar-refractivity contribution in [2.24, 2.45) is 0 Å². The van der Waals surface area contributed by atoms with Gasteiger partial charge in [-0.3, -0.25) is 0 Å². The molecule has 0 aromatic carbocycles. The van der Waals surface area contributed by atoms with E-state index in [9.17, 15) is 4.79 Å². The van der Waals surface area contributed by atoms with Crippen molar-refractivity contribution in [1.29, 1.82) is 0 Å². The van der Waals surface area contributed by atoms with Crippen molar-refractivity contribution in [3.8, 4) is 0 Å². The number of halogens is 1. The summed E-state index contributed by atoms with van der Waals surface area (Å²) in [5, 5.41) is 12.6. The number of aliphatic carboxylic acids is 1. The van der Waals surface area contributed by atoms with E-state index in [2.05, 4.69) is 21.2 Å². The summed E-state index contributed by atoms with van der Waals surface area (Å²) in [6.07, 6.45) is 0. The normalized spacial score (nSPS) is 11.3. The van der Waals surface area contributed by atoms with E-state index in [1.807, 2.05) is 12.1 Å². The van der Waals surface area contributed by atoms with Gasteiger partial charge in [0.1, 0.15) is 5.54 Å². The van der Waals surface area contributed by atoms with Crippen molar-refractivity contribution in [3.63, 3.8) is 0 Å². The Hall–Kier alpha value is -0.550. The molecule has 2 N–H and O–H groups in total. The standard InChI is InChI=1S/C8H10BrNO2S/c1-8(2,7(11)12)10-6-4-3-5(9)13-6/h3-4,10H,1-2H3,(H,11,12). The molecule has 1 aromatic rings. The predicted octanol–water partition coefficient (Wildman–Crippen LogP) is 2.79. The number of anilines is 1. The monoisotopic (exact) mass is 263 g/mol. The molecule has 0 aliphatic heterocycles. The van der Waals surface area contributed by atoms with Gasteiger partial charge in [0, 0.05) is 0 Å². The number of rotatable bonds is 3. The minimum absolute atomic E-state index is 0.847. The van der Waals surface area contributed by atoms with Crippen LogP contribution in [0.25, 0.3) is 0 Å². The Labute approximate surface area is 88.9 Å². The van der Waals surface area contributed by atoms with Gasteiger partial charge in [0.15, 0.2) is 0 Å². The van der Waals surface area contributed by atoms with E-state index >= 15 is 0 Å². The fourth-order valence-electron chi connectivity index (χ4n) is 0.743. The molecule has 0 bridgehead atoms. The van der Waals surface area contributed by atoms with Crippen molar-refractivity contribution >= 4 is 38.2 Å². The zero-order valence-electron chi connectivity index (χ0n) is 7.30. The van der Waals surface area contributed by atoms with Gasteiger partial charge in [0.25, 0.3) is 0 Å². The number of hydrogen-bond acceptors (Lipinski definition) is 3. The molecule has 13 heavy (non-hydrogen) atoms. The molecule has 5 heteroatoms. The van der Waals surface area contributed by atoms with Crippen LogP contribution in [0.2, 0.25) is 0 Å². The average Bonchev–Trinajstić information content (AvgIpc) is 2.34. The number of hydrogen-bond donors (Lipinski definition) is 2. The van der Waals surface area contributed by atoms with E-state index in [-0.39, 0.29) is 0 Å². The molecule has 1 aromatic heterocycles. The summed E-state index contributed by atoms with van der Waals surface area (Å²) in [6.45, 7) is 3.26. The third-order valence-electron chi connectivity index (χ3n) is 1.54. The Morgan fingerprint density at radius 3 is 2.62 bits per heavy atom. The first-order chi connectivity index (χ1) is 5.92. The molecule has 0 unspecified atom stereocenters. The van der Waals surface area contributed by atoms with E-state index in [0.29, 0.717) is 0 Å². The Kier molecular flexibility index (Phi) is 2.98. The second-order valence-corrected chi connectivity index (χ2v) is 5.62. The quantitative estimate of drug-likeness (QED) is 0.882. The number of thiophene rings is 1. The first-order valence-electron chi connectivity index (χ1n) is 3.69. The average molecular weight is 264 g/mol. The summed E-state index contributed by atoms with van der Waals surface area (Å²) >= 11 is 4.78. The first kappa shape index (κ1) is 10.5. The molecule has 0 amide bonds. The summed E-state index contributed by atoms with van der Waals surface area (Å²) in [6, 6.07) is 3.73. The molecular weight excluding hydrogens is 254 g/mol. The highest BCUT2D eigenvalue weighted by Crippen LogP contribution is 2.28. The maximum absolute atomic E-state index is 10.8. The molecule has 3 nitrogen and oxygen atoms in total. The van der Waals surface area contributed by atoms with Crippen LogP contribution < -0.4 is 5.32 Å². The van der Waals surface area contributed by atoms with Gasteiger partial charge in [-0.1, -0.05) is 0 Å². The predicted molar refractivity (Wildman–Crippen MR) is 57.4 cm³/mol. The number of carboxylic acids is 1. The number of carbonyl (C=O) groups is 1. The molecule has 0 saturated carbocycles. The highest BCUT2D eigenvalue weighted by Gasteiger charge is 2.26. The van der Waals surface area contributed by atoms with Gasteiger partial charge in [-0.15, -0.1) is 11.3 Å². The zero-order valence-corrected chi connectivity index (χ0v) is 9.70. The van der Waals surface area contributed by atoms with Crippen LogP contribution in [-0.4, -0.2) is 16.6 Å². The molecule has 1 heterocycles. The number of nitrogens with one attached hydrogen (secondary N) is 1. The molecule has 0 atom stereocenters. The van der Waals surface area contributed by atoms with Crippen LogP contribution in [0.3, 0.4) is 0 Å². The third-order valence-corrected chi connectivity index (χ3v) is 3.08. The summed E-state index contributed by atoms with van der Waals surface area (Å²) in [7, 11) is 0. The lowest BCUT2D eigenvalue weighted by molar-refractivity contribution is -0.141. The lowest BCUT2D eigenvalue weighted by Crippen LogP contribution is -2.39. The van der Waals surface area contributed by atoms with Crippen molar-refractivity contribution in [2.45, 2.75) is 19.4 Å². The van der Waals surface area contributed by atoms with Crippen molar-refractivity contribution < 1.29 is 9.90 Å². The fraction of sp³-hybridized carbons (Fsp3) is 0.375. The molecule has 0 aliphatic carbocycles. The molecule has 0 aliphatic rings. The van der Waals surface area contributed by atoms with Crippen LogP contribution >= 0.6 is 27.3 Å². The number of carboxylic acid groups (broad SMARTS) is 1. The molecule has 0 fully saturated rings. The molecule has 0 saturated heterocycles. The second kappa shape index (κ2) is 3.67. The highest BCUT2D eigenvalue weighted by atomic mass is 79.9. The van der Waals surface area contributed by atoms with Crippen LogP contribution in [0.1, 0.15) is 13.8 Å². The Balaban J connectivity index is 2.74. The summed E-state index contributed by atoms with van der Waals surface area (Å²) in [5.74, 6) is -0.864. The Bertz CT molecular complexity index is 322. The van der Waals surface area contributed by atoms with Crippen molar-refractivity contribution in [2.75, 3.05) is 5.32 Å². The zero-order chi connectivity index (χ0) is 10.1. The van der Waals surface area contributed by atoms with Crippen LogP contribution in [-0.2, 0) is 4.79 Å². The van der Waals surface area contributed by atoms with Crippen LogP contribution in [0.4, 0.5) is 5.00 Å². The highest BCUT2D eigenvalue weighted by molar-refractivity contribution is 9.11. The molecule has 72 valence electrons. The van der Waals surface area contributed by atoms with Crippen LogP contribution in [0.15, 0.2) is 15.9 Å². The van der Waals surface area contributed by atoms with E-state index in [1.165, 1.54) is 11.3 Å². The van der Waals surface area contributed by atoms with E-state index < -0.39 is 11.5 Å². The van der Waals surface area contributed by atoms with Gasteiger partial charge in [0.2, 0.25) is 0 Å². The Morgan fingerprint density at radius 1 is 1.62 bits per heavy atom. The SMILES string of the molecule is CC(C)(Nc1ccc(Br)s1)C(=O)O. The molecular formula is C8H10BrNO2S. The van der Waals surface area contributed by atoms with Gasteiger partial charge < -0.3 is 10.4 Å². The van der Waals surface area contributed by atoms with Crippen LogP contribution in [0.5, 0.6) is 0 Å². The van der Waals surface area contributed by atoms with Crippen molar-refractivity contribution in [3.05, 3.63) is 15.9 Å². The summed E-state index contributed by atoms with van der Waals surface area (Å²) < 4.78 is 0.983. The van der Waals surface area contributed by atoms with E-state index in [0.717, 1.165) is 8.79 Å². The maximum Gasteiger partial charge on any atom is 0.328 e. The molecule has 0 radical (unpaired) electrons. The minimum Gasteiger partial charge on any atom is -0.480 e. The van der Waals surface area contributed by atoms with E-state index in [4.69, 9.17) is 5.11 Å². The van der Waals surface area contributed by atoms with Gasteiger partial charge in [-0.2, -0.15) is 0 Å². The minimum atomic E-state index is -0.926. The summed E-state index contributed by atoms with van der Waals surface area (Å²) in [4.78, 5) is 10.8. The maximum atomic E-state index is 10.8. The van der Waals surface area contributed by atoms with Crippen LogP contribution in [0, 0.1) is 0 Å². The Morgan fingerprint density at radius 2 is 2.23 bits per heavy atom. The van der Waals surface area contributed by atoms with Gasteiger partial charge in [-0.05, 0) is 41.9 Å². The molecule has 1 rings (SSSR count).